The van der Waals surface area contributed by atoms with Gasteiger partial charge in [-0.1, -0.05) is 11.6 Å². The number of rotatable bonds is 1. The summed E-state index contributed by atoms with van der Waals surface area (Å²) in [4.78, 5) is 10.4. The van der Waals surface area contributed by atoms with Crippen LogP contribution in [-0.2, 0) is 0 Å². The topological polar surface area (TPSA) is 41.1 Å². The molecule has 70 valence electrons. The Kier molecular flexibility index (Phi) is 2.61. The molecule has 1 fully saturated rings. The Morgan fingerprint density at radius 2 is 2.15 bits per heavy atom. The van der Waals surface area contributed by atoms with Crippen LogP contribution in [0, 0.1) is 0 Å². The Morgan fingerprint density at radius 3 is 2.85 bits per heavy atom. The van der Waals surface area contributed by atoms with Gasteiger partial charge in [0.05, 0.1) is 0 Å². The van der Waals surface area contributed by atoms with E-state index in [2.05, 4.69) is 20.2 Å². The van der Waals surface area contributed by atoms with Crippen molar-refractivity contribution in [3.8, 4) is 0 Å². The van der Waals surface area contributed by atoms with Crippen molar-refractivity contribution in [2.75, 3.05) is 31.1 Å². The lowest BCUT2D eigenvalue weighted by Crippen LogP contribution is -2.44. The number of nitrogens with one attached hydrogen (secondary N) is 1. The monoisotopic (exact) mass is 198 g/mol. The zero-order chi connectivity index (χ0) is 9.10. The van der Waals surface area contributed by atoms with Crippen LogP contribution in [0.5, 0.6) is 0 Å². The molecule has 0 saturated carbocycles. The second-order valence-corrected chi connectivity index (χ2v) is 3.30. The van der Waals surface area contributed by atoms with Crippen LogP contribution in [0.25, 0.3) is 0 Å². The predicted molar refractivity (Wildman–Crippen MR) is 52.1 cm³/mol. The minimum absolute atomic E-state index is 0.503. The fourth-order valence-corrected chi connectivity index (χ4v) is 1.48. The van der Waals surface area contributed by atoms with E-state index in [9.17, 15) is 0 Å². The van der Waals surface area contributed by atoms with E-state index in [1.54, 1.807) is 12.3 Å². The highest BCUT2D eigenvalue weighted by atomic mass is 35.5. The molecule has 1 aliphatic rings. The summed E-state index contributed by atoms with van der Waals surface area (Å²) in [5, 5.41) is 3.77. The van der Waals surface area contributed by atoms with Gasteiger partial charge in [0.1, 0.15) is 5.15 Å². The molecule has 0 spiro atoms. The highest BCUT2D eigenvalue weighted by Gasteiger charge is 2.12. The Bertz CT molecular complexity index is 285. The smallest absolute Gasteiger partial charge is 0.226 e. The minimum atomic E-state index is 0.503. The average molecular weight is 199 g/mol. The van der Waals surface area contributed by atoms with E-state index < -0.39 is 0 Å². The van der Waals surface area contributed by atoms with Gasteiger partial charge in [-0.05, 0) is 6.07 Å². The highest BCUT2D eigenvalue weighted by Crippen LogP contribution is 2.10. The van der Waals surface area contributed by atoms with Gasteiger partial charge in [0.2, 0.25) is 5.95 Å². The third-order valence-corrected chi connectivity index (χ3v) is 2.22. The largest absolute Gasteiger partial charge is 0.338 e. The van der Waals surface area contributed by atoms with Gasteiger partial charge >= 0.3 is 0 Å². The van der Waals surface area contributed by atoms with Gasteiger partial charge in [-0.3, -0.25) is 0 Å². The number of hydrogen-bond donors (Lipinski definition) is 1. The van der Waals surface area contributed by atoms with Crippen molar-refractivity contribution in [1.29, 1.82) is 0 Å². The van der Waals surface area contributed by atoms with E-state index in [-0.39, 0.29) is 0 Å². The van der Waals surface area contributed by atoms with Crippen LogP contribution < -0.4 is 10.2 Å². The molecule has 0 aromatic carbocycles. The first-order valence-corrected chi connectivity index (χ1v) is 4.68. The molecule has 2 heterocycles. The Morgan fingerprint density at radius 1 is 1.38 bits per heavy atom. The number of halogens is 1. The fraction of sp³-hybridized carbons (Fsp3) is 0.500. The van der Waals surface area contributed by atoms with E-state index in [1.165, 1.54) is 0 Å². The molecular weight excluding hydrogens is 188 g/mol. The number of aromatic nitrogens is 2. The lowest BCUT2D eigenvalue weighted by molar-refractivity contribution is 0.580. The summed E-state index contributed by atoms with van der Waals surface area (Å²) >= 11 is 5.77. The first-order valence-electron chi connectivity index (χ1n) is 4.30. The maximum absolute atomic E-state index is 5.77. The van der Waals surface area contributed by atoms with Gasteiger partial charge in [-0.15, -0.1) is 0 Å². The van der Waals surface area contributed by atoms with Crippen LogP contribution in [0.1, 0.15) is 0 Å². The Hall–Kier alpha value is -0.870. The summed E-state index contributed by atoms with van der Waals surface area (Å²) in [5.74, 6) is 0.731. The van der Waals surface area contributed by atoms with Gasteiger partial charge in [0.25, 0.3) is 0 Å². The predicted octanol–water partition coefficient (Wildman–Crippen LogP) is 0.540. The number of anilines is 1. The Labute approximate surface area is 81.9 Å². The third kappa shape index (κ3) is 2.08. The van der Waals surface area contributed by atoms with Crippen LogP contribution in [0.4, 0.5) is 5.95 Å². The molecule has 0 atom stereocenters. The van der Waals surface area contributed by atoms with Crippen molar-refractivity contribution in [3.63, 3.8) is 0 Å². The molecule has 1 N–H and O–H groups in total. The molecule has 0 amide bonds. The van der Waals surface area contributed by atoms with Crippen LogP contribution in [-0.4, -0.2) is 36.1 Å². The maximum atomic E-state index is 5.77. The zero-order valence-corrected chi connectivity index (χ0v) is 7.96. The summed E-state index contributed by atoms with van der Waals surface area (Å²) in [5.41, 5.74) is 0. The van der Waals surface area contributed by atoms with E-state index in [1.807, 2.05) is 0 Å². The summed E-state index contributed by atoms with van der Waals surface area (Å²) in [6.45, 7) is 3.85. The number of hydrogen-bond acceptors (Lipinski definition) is 4. The first kappa shape index (κ1) is 8.72. The third-order valence-electron chi connectivity index (χ3n) is 2.01. The molecule has 1 aromatic heterocycles. The van der Waals surface area contributed by atoms with Crippen molar-refractivity contribution in [2.45, 2.75) is 0 Å². The standard InChI is InChI=1S/C8H11ClN4/c9-7-1-2-11-8(12-7)13-5-3-10-4-6-13/h1-2,10H,3-6H2. The van der Waals surface area contributed by atoms with Crippen LogP contribution in [0.15, 0.2) is 12.3 Å². The summed E-state index contributed by atoms with van der Waals surface area (Å²) in [6, 6.07) is 1.69. The second-order valence-electron chi connectivity index (χ2n) is 2.92. The molecule has 0 radical (unpaired) electrons. The molecule has 1 aliphatic heterocycles. The maximum Gasteiger partial charge on any atom is 0.226 e. The SMILES string of the molecule is Clc1ccnc(N2CCNCC2)n1. The van der Waals surface area contributed by atoms with Crippen molar-refractivity contribution >= 4 is 17.5 Å². The minimum Gasteiger partial charge on any atom is -0.338 e. The highest BCUT2D eigenvalue weighted by molar-refractivity contribution is 6.29. The van der Waals surface area contributed by atoms with Crippen molar-refractivity contribution in [3.05, 3.63) is 17.4 Å². The van der Waals surface area contributed by atoms with Gasteiger partial charge in [-0.2, -0.15) is 0 Å². The van der Waals surface area contributed by atoms with Crippen LogP contribution in [0.2, 0.25) is 5.15 Å². The zero-order valence-electron chi connectivity index (χ0n) is 7.20. The van der Waals surface area contributed by atoms with Crippen molar-refractivity contribution < 1.29 is 0 Å². The van der Waals surface area contributed by atoms with Crippen molar-refractivity contribution in [1.82, 2.24) is 15.3 Å². The molecular formula is C8H11ClN4. The molecule has 13 heavy (non-hydrogen) atoms. The molecule has 1 aromatic rings. The normalized spacial score (nSPS) is 17.5. The molecule has 2 rings (SSSR count). The molecule has 1 saturated heterocycles. The van der Waals surface area contributed by atoms with Crippen LogP contribution in [0.3, 0.4) is 0 Å². The molecule has 5 heteroatoms. The number of nitrogens with zero attached hydrogens (tertiary/aromatic N) is 3. The van der Waals surface area contributed by atoms with Gasteiger partial charge in [0.15, 0.2) is 0 Å². The summed E-state index contributed by atoms with van der Waals surface area (Å²) < 4.78 is 0. The van der Waals surface area contributed by atoms with Crippen molar-refractivity contribution in [2.24, 2.45) is 0 Å². The molecule has 4 nitrogen and oxygen atoms in total. The summed E-state index contributed by atoms with van der Waals surface area (Å²) in [7, 11) is 0. The van der Waals surface area contributed by atoms with Gasteiger partial charge in [0, 0.05) is 32.4 Å². The lowest BCUT2D eigenvalue weighted by Gasteiger charge is -2.27. The average Bonchev–Trinajstić information content (AvgIpc) is 2.19. The first-order chi connectivity index (χ1) is 6.36. The van der Waals surface area contributed by atoms with E-state index in [0.717, 1.165) is 32.1 Å². The van der Waals surface area contributed by atoms with E-state index >= 15 is 0 Å². The quantitative estimate of drug-likeness (QED) is 0.669. The second kappa shape index (κ2) is 3.89. The van der Waals surface area contributed by atoms with E-state index in [0.29, 0.717) is 5.15 Å². The molecule has 0 aliphatic carbocycles. The van der Waals surface area contributed by atoms with Crippen LogP contribution >= 0.6 is 11.6 Å². The summed E-state index contributed by atoms with van der Waals surface area (Å²) in [6.07, 6.45) is 1.69. The lowest BCUT2D eigenvalue weighted by atomic mass is 10.4. The van der Waals surface area contributed by atoms with Gasteiger partial charge in [-0.25, -0.2) is 9.97 Å². The van der Waals surface area contributed by atoms with E-state index in [4.69, 9.17) is 11.6 Å². The Balaban J connectivity index is 2.14. The van der Waals surface area contributed by atoms with Gasteiger partial charge < -0.3 is 10.2 Å². The number of piperazine rings is 1. The fourth-order valence-electron chi connectivity index (χ4n) is 1.34. The molecule has 0 unspecified atom stereocenters. The molecule has 0 bridgehead atoms.